The molecule has 1 aromatic carbocycles. The van der Waals surface area contributed by atoms with Gasteiger partial charge in [-0.3, -0.25) is 14.5 Å². The van der Waals surface area contributed by atoms with Gasteiger partial charge in [0.25, 0.3) is 5.91 Å². The number of hydrogen-bond donors (Lipinski definition) is 0. The van der Waals surface area contributed by atoms with Crippen LogP contribution in [0, 0.1) is 6.92 Å². The molecule has 1 aromatic heterocycles. The summed E-state index contributed by atoms with van der Waals surface area (Å²) in [5.41, 5.74) is 2.76. The van der Waals surface area contributed by atoms with Gasteiger partial charge in [-0.05, 0) is 37.3 Å². The molecular weight excluding hydrogens is 328 g/mol. The van der Waals surface area contributed by atoms with E-state index in [9.17, 15) is 9.59 Å². The second-order valence-electron chi connectivity index (χ2n) is 7.26. The van der Waals surface area contributed by atoms with Crippen LogP contribution in [0.3, 0.4) is 0 Å². The number of piperazine rings is 1. The molecule has 0 saturated carbocycles. The summed E-state index contributed by atoms with van der Waals surface area (Å²) >= 11 is 0. The third kappa shape index (κ3) is 3.44. The Morgan fingerprint density at radius 2 is 1.81 bits per heavy atom. The molecule has 1 aliphatic carbocycles. The highest BCUT2D eigenvalue weighted by Gasteiger charge is 2.29. The van der Waals surface area contributed by atoms with E-state index in [1.165, 1.54) is 29.7 Å². The molecule has 0 bridgehead atoms. The van der Waals surface area contributed by atoms with E-state index in [4.69, 9.17) is 4.42 Å². The van der Waals surface area contributed by atoms with Crippen LogP contribution >= 0.6 is 0 Å². The Bertz CT molecular complexity index is 866. The van der Waals surface area contributed by atoms with Crippen molar-refractivity contribution in [2.45, 2.75) is 32.2 Å². The number of aryl methyl sites for hydroxylation is 2. The standard InChI is InChI=1S/C21H24N2O3/c1-15-12-19(24)14-20(26-15)21(25)23-10-8-22(9-11-23)18-7-6-16-4-2-3-5-17(16)13-18/h2-5,12,14,18H,6-11,13H2,1H3/t18-/m1/s1. The zero-order valence-electron chi connectivity index (χ0n) is 15.1. The summed E-state index contributed by atoms with van der Waals surface area (Å²) in [6.45, 7) is 4.78. The average molecular weight is 352 g/mol. The predicted molar refractivity (Wildman–Crippen MR) is 99.4 cm³/mol. The highest BCUT2D eigenvalue weighted by Crippen LogP contribution is 2.25. The van der Waals surface area contributed by atoms with Gasteiger partial charge in [0, 0.05) is 44.4 Å². The molecule has 0 unspecified atom stereocenters. The lowest BCUT2D eigenvalue weighted by molar-refractivity contribution is 0.0521. The summed E-state index contributed by atoms with van der Waals surface area (Å²) in [4.78, 5) is 28.5. The first-order chi connectivity index (χ1) is 12.6. The molecule has 26 heavy (non-hydrogen) atoms. The lowest BCUT2D eigenvalue weighted by Gasteiger charge is -2.41. The fraction of sp³-hybridized carbons (Fsp3) is 0.429. The molecule has 2 aromatic rings. The molecule has 0 radical (unpaired) electrons. The number of benzene rings is 1. The lowest BCUT2D eigenvalue weighted by Crippen LogP contribution is -2.53. The molecule has 1 fully saturated rings. The molecule has 136 valence electrons. The maximum atomic E-state index is 12.6. The van der Waals surface area contributed by atoms with Crippen molar-refractivity contribution in [2.75, 3.05) is 26.2 Å². The third-order valence-electron chi connectivity index (χ3n) is 5.54. The number of carbonyl (C=O) groups excluding carboxylic acids is 1. The average Bonchev–Trinajstić information content (AvgIpc) is 2.66. The van der Waals surface area contributed by atoms with Gasteiger partial charge >= 0.3 is 0 Å². The van der Waals surface area contributed by atoms with E-state index in [0.29, 0.717) is 24.9 Å². The summed E-state index contributed by atoms with van der Waals surface area (Å²) < 4.78 is 5.45. The van der Waals surface area contributed by atoms with E-state index in [1.54, 1.807) is 11.8 Å². The Morgan fingerprint density at radius 1 is 1.08 bits per heavy atom. The van der Waals surface area contributed by atoms with Crippen LogP contribution in [0.4, 0.5) is 0 Å². The van der Waals surface area contributed by atoms with Crippen molar-refractivity contribution < 1.29 is 9.21 Å². The summed E-state index contributed by atoms with van der Waals surface area (Å²) in [6.07, 6.45) is 3.41. The van der Waals surface area contributed by atoms with Gasteiger partial charge in [-0.25, -0.2) is 0 Å². The van der Waals surface area contributed by atoms with Gasteiger partial charge in [-0.1, -0.05) is 24.3 Å². The van der Waals surface area contributed by atoms with Gasteiger partial charge in [0.1, 0.15) is 5.76 Å². The Labute approximate surface area is 153 Å². The largest absolute Gasteiger partial charge is 0.456 e. The summed E-state index contributed by atoms with van der Waals surface area (Å²) in [6, 6.07) is 12.0. The minimum absolute atomic E-state index is 0.148. The van der Waals surface area contributed by atoms with Crippen LogP contribution in [0.15, 0.2) is 45.6 Å². The number of carbonyl (C=O) groups is 1. The Hall–Kier alpha value is -2.40. The van der Waals surface area contributed by atoms with Crippen LogP contribution in [0.25, 0.3) is 0 Å². The maximum Gasteiger partial charge on any atom is 0.289 e. The van der Waals surface area contributed by atoms with Gasteiger partial charge in [-0.2, -0.15) is 0 Å². The maximum absolute atomic E-state index is 12.6. The molecule has 1 aliphatic heterocycles. The number of rotatable bonds is 2. The molecule has 1 saturated heterocycles. The van der Waals surface area contributed by atoms with Gasteiger partial charge < -0.3 is 9.32 Å². The van der Waals surface area contributed by atoms with E-state index in [-0.39, 0.29) is 17.1 Å². The molecule has 4 rings (SSSR count). The molecule has 5 nitrogen and oxygen atoms in total. The second kappa shape index (κ2) is 7.08. The molecule has 5 heteroatoms. The van der Waals surface area contributed by atoms with Crippen LogP contribution < -0.4 is 5.43 Å². The van der Waals surface area contributed by atoms with E-state index >= 15 is 0 Å². The number of hydrogen-bond acceptors (Lipinski definition) is 4. The minimum atomic E-state index is -0.184. The molecule has 0 N–H and O–H groups in total. The monoisotopic (exact) mass is 352 g/mol. The Morgan fingerprint density at radius 3 is 2.54 bits per heavy atom. The van der Waals surface area contributed by atoms with Crippen LogP contribution in [0.5, 0.6) is 0 Å². The van der Waals surface area contributed by atoms with Gasteiger partial charge in [0.2, 0.25) is 0 Å². The SMILES string of the molecule is Cc1cc(=O)cc(C(=O)N2CCN([C@@H]3CCc4ccccc4C3)CC2)o1. The van der Waals surface area contributed by atoms with Crippen LogP contribution in [0.2, 0.25) is 0 Å². The van der Waals surface area contributed by atoms with E-state index in [2.05, 4.69) is 29.2 Å². The van der Waals surface area contributed by atoms with E-state index in [0.717, 1.165) is 25.9 Å². The molecular formula is C21H24N2O3. The molecule has 0 spiro atoms. The van der Waals surface area contributed by atoms with Crippen LogP contribution in [0.1, 0.15) is 33.9 Å². The first-order valence-corrected chi connectivity index (χ1v) is 9.32. The van der Waals surface area contributed by atoms with Crippen LogP contribution in [-0.2, 0) is 12.8 Å². The van der Waals surface area contributed by atoms with E-state index < -0.39 is 0 Å². The molecule has 2 heterocycles. The zero-order valence-corrected chi connectivity index (χ0v) is 15.1. The lowest BCUT2D eigenvalue weighted by atomic mass is 9.87. The molecule has 1 atom stereocenters. The number of nitrogens with zero attached hydrogens (tertiary/aromatic N) is 2. The topological polar surface area (TPSA) is 53.8 Å². The Kier molecular flexibility index (Phi) is 4.64. The van der Waals surface area contributed by atoms with Crippen molar-refractivity contribution in [3.63, 3.8) is 0 Å². The van der Waals surface area contributed by atoms with Gasteiger partial charge in [-0.15, -0.1) is 0 Å². The first-order valence-electron chi connectivity index (χ1n) is 9.32. The van der Waals surface area contributed by atoms with Crippen molar-refractivity contribution in [3.05, 3.63) is 69.3 Å². The van der Waals surface area contributed by atoms with Crippen molar-refractivity contribution in [1.29, 1.82) is 0 Å². The molecule has 1 amide bonds. The molecule has 2 aliphatic rings. The Balaban J connectivity index is 1.38. The third-order valence-corrected chi connectivity index (χ3v) is 5.54. The fourth-order valence-corrected chi connectivity index (χ4v) is 4.15. The van der Waals surface area contributed by atoms with Crippen LogP contribution in [-0.4, -0.2) is 47.9 Å². The van der Waals surface area contributed by atoms with Crippen molar-refractivity contribution in [2.24, 2.45) is 0 Å². The summed E-state index contributed by atoms with van der Waals surface area (Å²) in [5, 5.41) is 0. The van der Waals surface area contributed by atoms with Crippen molar-refractivity contribution in [1.82, 2.24) is 9.80 Å². The van der Waals surface area contributed by atoms with Gasteiger partial charge in [0.15, 0.2) is 11.2 Å². The smallest absolute Gasteiger partial charge is 0.289 e. The fourth-order valence-electron chi connectivity index (χ4n) is 4.15. The second-order valence-corrected chi connectivity index (χ2v) is 7.26. The van der Waals surface area contributed by atoms with Crippen molar-refractivity contribution in [3.8, 4) is 0 Å². The van der Waals surface area contributed by atoms with Crippen molar-refractivity contribution >= 4 is 5.91 Å². The first kappa shape index (κ1) is 17.0. The summed E-state index contributed by atoms with van der Waals surface area (Å²) in [5.74, 6) is 0.440. The number of amides is 1. The van der Waals surface area contributed by atoms with E-state index in [1.807, 2.05) is 0 Å². The summed E-state index contributed by atoms with van der Waals surface area (Å²) in [7, 11) is 0. The number of fused-ring (bicyclic) bond motifs is 1. The minimum Gasteiger partial charge on any atom is -0.456 e. The van der Waals surface area contributed by atoms with Gasteiger partial charge in [0.05, 0.1) is 0 Å². The zero-order chi connectivity index (χ0) is 18.1. The normalized spacial score (nSPS) is 20.7. The highest BCUT2D eigenvalue weighted by molar-refractivity contribution is 5.91. The quantitative estimate of drug-likeness (QED) is 0.832. The highest BCUT2D eigenvalue weighted by atomic mass is 16.3. The predicted octanol–water partition coefficient (Wildman–Crippen LogP) is 2.26.